The summed E-state index contributed by atoms with van der Waals surface area (Å²) < 4.78 is 37.1. The lowest BCUT2D eigenvalue weighted by Crippen LogP contribution is -2.48. The molecule has 2 heterocycles. The highest BCUT2D eigenvalue weighted by atomic mass is 35.5. The van der Waals surface area contributed by atoms with Crippen LogP contribution in [0.3, 0.4) is 0 Å². The van der Waals surface area contributed by atoms with Gasteiger partial charge in [0.15, 0.2) is 5.82 Å². The number of nitrogens with one attached hydrogen (secondary N) is 1. The molecule has 0 unspecified atom stereocenters. The minimum absolute atomic E-state index is 0.00428. The lowest BCUT2D eigenvalue weighted by Gasteiger charge is -2.35. The van der Waals surface area contributed by atoms with Crippen molar-refractivity contribution in [1.29, 1.82) is 0 Å². The number of anilines is 1. The van der Waals surface area contributed by atoms with Crippen molar-refractivity contribution in [2.24, 2.45) is 0 Å². The largest absolute Gasteiger partial charge is 0.493 e. The quantitative estimate of drug-likeness (QED) is 0.172. The third kappa shape index (κ3) is 7.20. The van der Waals surface area contributed by atoms with Crippen LogP contribution in [-0.2, 0) is 14.4 Å². The van der Waals surface area contributed by atoms with Gasteiger partial charge in [0.25, 0.3) is 0 Å². The molecule has 0 radical (unpaired) electrons. The van der Waals surface area contributed by atoms with Gasteiger partial charge in [0.1, 0.15) is 35.5 Å². The van der Waals surface area contributed by atoms with E-state index in [9.17, 15) is 14.4 Å². The number of carbonyl (C=O) groups is 3. The molecule has 2 amide bonds. The van der Waals surface area contributed by atoms with Crippen molar-refractivity contribution in [1.82, 2.24) is 20.2 Å². The van der Waals surface area contributed by atoms with Gasteiger partial charge in [0, 0.05) is 43.5 Å². The van der Waals surface area contributed by atoms with Gasteiger partial charge in [0.05, 0.1) is 23.7 Å². The topological polar surface area (TPSA) is 105 Å². The molecule has 2 aromatic carbocycles. The Labute approximate surface area is 247 Å². The molecule has 42 heavy (non-hydrogen) atoms. The smallest absolute Gasteiger partial charge is 0.246 e. The summed E-state index contributed by atoms with van der Waals surface area (Å²) in [6.45, 7) is 5.66. The molecule has 1 saturated heterocycles. The van der Waals surface area contributed by atoms with Crippen LogP contribution in [0.5, 0.6) is 5.75 Å². The molecule has 0 saturated carbocycles. The van der Waals surface area contributed by atoms with Crippen LogP contribution in [0.25, 0.3) is 22.0 Å². The molecule has 0 bridgehead atoms. The molecule has 0 spiro atoms. The average molecular weight is 600 g/mol. The third-order valence-corrected chi connectivity index (χ3v) is 7.33. The van der Waals surface area contributed by atoms with E-state index in [-0.39, 0.29) is 52.4 Å². The number of aldehydes is 1. The monoisotopic (exact) mass is 599 g/mol. The van der Waals surface area contributed by atoms with Crippen molar-refractivity contribution in [2.45, 2.75) is 32.1 Å². The number of nitrogens with zero attached hydrogens (tertiary/aromatic N) is 4. The normalized spacial score (nSPS) is 13.2. The number of unbranched alkanes of at least 4 members (excludes halogenated alkanes) is 3. The Hall–Kier alpha value is -4.12. The molecule has 1 aromatic heterocycles. The van der Waals surface area contributed by atoms with Gasteiger partial charge in [-0.2, -0.15) is 0 Å². The standard InChI is InChI=1S/C30H32ClF2N5O4/c1-2-25(41)37-12-14-38(15-13-37)30-20-18-21(31)26(28(33)29(20)35-19-36-30)27-22(32)8-7-9-23(27)42-17-6-4-3-5-10-24(40)34-11-16-39/h2,7-9,16,18-19H,1,3-6,10-15,17H2,(H,34,40). The van der Waals surface area contributed by atoms with Crippen LogP contribution in [0.1, 0.15) is 32.1 Å². The first-order valence-corrected chi connectivity index (χ1v) is 14.1. The Morgan fingerprint density at radius 3 is 2.57 bits per heavy atom. The number of aromatic nitrogens is 2. The van der Waals surface area contributed by atoms with Crippen LogP contribution in [0.15, 0.2) is 43.2 Å². The first-order chi connectivity index (χ1) is 20.3. The number of amides is 2. The number of hydrogen-bond donors (Lipinski definition) is 1. The molecule has 12 heteroatoms. The van der Waals surface area contributed by atoms with E-state index in [4.69, 9.17) is 16.3 Å². The molecular weight excluding hydrogens is 568 g/mol. The second-order valence-corrected chi connectivity index (χ2v) is 10.2. The van der Waals surface area contributed by atoms with E-state index in [1.807, 2.05) is 4.90 Å². The molecule has 1 aliphatic rings. The maximum Gasteiger partial charge on any atom is 0.246 e. The van der Waals surface area contributed by atoms with Crippen LogP contribution < -0.4 is 15.0 Å². The van der Waals surface area contributed by atoms with Gasteiger partial charge >= 0.3 is 0 Å². The third-order valence-electron chi connectivity index (χ3n) is 7.03. The zero-order valence-corrected chi connectivity index (χ0v) is 23.8. The Bertz CT molecular complexity index is 1460. The molecule has 4 rings (SSSR count). The van der Waals surface area contributed by atoms with Crippen molar-refractivity contribution in [2.75, 3.05) is 44.2 Å². The summed E-state index contributed by atoms with van der Waals surface area (Å²) in [5.74, 6) is -1.17. The van der Waals surface area contributed by atoms with E-state index in [2.05, 4.69) is 21.9 Å². The second kappa shape index (κ2) is 14.7. The molecule has 222 valence electrons. The zero-order chi connectivity index (χ0) is 30.1. The van der Waals surface area contributed by atoms with E-state index in [0.717, 1.165) is 12.8 Å². The number of hydrogen-bond acceptors (Lipinski definition) is 7. The molecule has 0 aliphatic carbocycles. The Morgan fingerprint density at radius 2 is 1.83 bits per heavy atom. The van der Waals surface area contributed by atoms with Gasteiger partial charge in [-0.15, -0.1) is 0 Å². The lowest BCUT2D eigenvalue weighted by atomic mass is 10.0. The zero-order valence-electron chi connectivity index (χ0n) is 23.1. The highest BCUT2D eigenvalue weighted by Crippen LogP contribution is 2.42. The summed E-state index contributed by atoms with van der Waals surface area (Å²) >= 11 is 6.60. The van der Waals surface area contributed by atoms with Gasteiger partial charge in [-0.05, 0) is 37.1 Å². The minimum atomic E-state index is -0.788. The summed E-state index contributed by atoms with van der Waals surface area (Å²) in [6.07, 6.45) is 6.35. The first kappa shape index (κ1) is 30.8. The molecule has 1 fully saturated rings. The predicted molar refractivity (Wildman–Crippen MR) is 157 cm³/mol. The van der Waals surface area contributed by atoms with Crippen LogP contribution in [0.4, 0.5) is 14.6 Å². The Balaban J connectivity index is 1.49. The fourth-order valence-corrected chi connectivity index (χ4v) is 5.19. The fraction of sp³-hybridized carbons (Fsp3) is 0.367. The van der Waals surface area contributed by atoms with E-state index in [0.29, 0.717) is 62.9 Å². The van der Waals surface area contributed by atoms with Crippen molar-refractivity contribution in [3.05, 3.63) is 59.9 Å². The van der Waals surface area contributed by atoms with Gasteiger partial charge in [-0.3, -0.25) is 9.59 Å². The van der Waals surface area contributed by atoms with E-state index in [1.54, 1.807) is 11.0 Å². The number of rotatable bonds is 13. The molecule has 1 N–H and O–H groups in total. The van der Waals surface area contributed by atoms with E-state index >= 15 is 8.78 Å². The summed E-state index contributed by atoms with van der Waals surface area (Å²) in [4.78, 5) is 46.0. The maximum atomic E-state index is 16.1. The van der Waals surface area contributed by atoms with Gasteiger partial charge in [0.2, 0.25) is 11.8 Å². The molecule has 1 aliphatic heterocycles. The van der Waals surface area contributed by atoms with Crippen molar-refractivity contribution < 1.29 is 27.9 Å². The molecule has 3 aromatic rings. The summed E-state index contributed by atoms with van der Waals surface area (Å²) in [6, 6.07) is 5.79. The van der Waals surface area contributed by atoms with Crippen LogP contribution in [0.2, 0.25) is 5.02 Å². The maximum absolute atomic E-state index is 16.1. The van der Waals surface area contributed by atoms with Crippen LogP contribution >= 0.6 is 11.6 Å². The predicted octanol–water partition coefficient (Wildman–Crippen LogP) is 4.71. The number of piperazine rings is 1. The fourth-order valence-electron chi connectivity index (χ4n) is 4.90. The summed E-state index contributed by atoms with van der Waals surface area (Å²) in [7, 11) is 0. The van der Waals surface area contributed by atoms with Crippen molar-refractivity contribution in [3.63, 3.8) is 0 Å². The minimum Gasteiger partial charge on any atom is -0.493 e. The lowest BCUT2D eigenvalue weighted by molar-refractivity contribution is -0.126. The highest BCUT2D eigenvalue weighted by Gasteiger charge is 2.26. The molecular formula is C30H32ClF2N5O4. The van der Waals surface area contributed by atoms with Gasteiger partial charge < -0.3 is 24.6 Å². The second-order valence-electron chi connectivity index (χ2n) is 9.75. The number of fused-ring (bicyclic) bond motifs is 1. The number of benzene rings is 2. The highest BCUT2D eigenvalue weighted by molar-refractivity contribution is 6.34. The average Bonchev–Trinajstić information content (AvgIpc) is 3.00. The van der Waals surface area contributed by atoms with Crippen molar-refractivity contribution in [3.8, 4) is 16.9 Å². The SMILES string of the molecule is C=CC(=O)N1CCN(c2ncnc3c(F)c(-c4c(F)cccc4OCCCCCCC(=O)NCC=O)c(Cl)cc23)CC1. The number of halogens is 3. The molecule has 0 atom stereocenters. The summed E-state index contributed by atoms with van der Waals surface area (Å²) in [5.41, 5.74) is -0.245. The number of ether oxygens (including phenoxy) is 1. The Morgan fingerprint density at radius 1 is 1.07 bits per heavy atom. The van der Waals surface area contributed by atoms with Gasteiger partial charge in [-0.25, -0.2) is 18.7 Å². The molecule has 9 nitrogen and oxygen atoms in total. The van der Waals surface area contributed by atoms with Gasteiger partial charge in [-0.1, -0.05) is 37.1 Å². The Kier molecular flexibility index (Phi) is 10.8. The first-order valence-electron chi connectivity index (χ1n) is 13.8. The van der Waals surface area contributed by atoms with Crippen LogP contribution in [0, 0.1) is 11.6 Å². The van der Waals surface area contributed by atoms with Crippen LogP contribution in [-0.4, -0.2) is 72.3 Å². The summed E-state index contributed by atoms with van der Waals surface area (Å²) in [5, 5.41) is 2.86. The van der Waals surface area contributed by atoms with E-state index in [1.165, 1.54) is 30.6 Å². The van der Waals surface area contributed by atoms with Crippen molar-refractivity contribution >= 4 is 46.4 Å². The van der Waals surface area contributed by atoms with E-state index < -0.39 is 11.6 Å². The number of carbonyl (C=O) groups excluding carboxylic acids is 3.